The van der Waals surface area contributed by atoms with Gasteiger partial charge in [0.1, 0.15) is 6.73 Å². The zero-order valence-electron chi connectivity index (χ0n) is 15.2. The van der Waals surface area contributed by atoms with Crippen molar-refractivity contribution in [3.05, 3.63) is 0 Å². The lowest BCUT2D eigenvalue weighted by atomic mass is 10.5. The van der Waals surface area contributed by atoms with E-state index in [4.69, 9.17) is 9.05 Å². The zero-order valence-corrected chi connectivity index (χ0v) is 19.2. The van der Waals surface area contributed by atoms with Gasteiger partial charge in [-0.3, -0.25) is 4.90 Å². The molecule has 0 saturated heterocycles. The van der Waals surface area contributed by atoms with Gasteiger partial charge >= 0.3 is 0 Å². The van der Waals surface area contributed by atoms with Crippen molar-refractivity contribution in [3.8, 4) is 0 Å². The Bertz CT molecular complexity index is 126. The molecule has 0 radical (unpaired) electrons. The van der Waals surface area contributed by atoms with Crippen molar-refractivity contribution in [2.75, 3.05) is 68.3 Å². The van der Waals surface area contributed by atoms with Gasteiger partial charge in [0.05, 0.1) is 6.61 Å². The molecule has 0 bridgehead atoms. The lowest BCUT2D eigenvalue weighted by molar-refractivity contribution is 0.203. The summed E-state index contributed by atoms with van der Waals surface area (Å²) in [5.41, 5.74) is 0. The molecule has 4 unspecified atom stereocenters. The van der Waals surface area contributed by atoms with Gasteiger partial charge in [0.25, 0.3) is 0 Å². The molecule has 0 N–H and O–H groups in total. The molecule has 0 aliphatic carbocycles. The van der Waals surface area contributed by atoms with Gasteiger partial charge in [0.15, 0.2) is 0 Å². The minimum absolute atomic E-state index is 0.609. The molecule has 0 spiro atoms. The molecule has 134 valence electrons. The molecule has 0 aromatic rings. The second-order valence-electron chi connectivity index (χ2n) is 3.43. The summed E-state index contributed by atoms with van der Waals surface area (Å²) in [6, 6.07) is 0. The van der Waals surface area contributed by atoms with Crippen LogP contribution in [0.2, 0.25) is 0 Å². The first-order chi connectivity index (χ1) is 10.0. The van der Waals surface area contributed by atoms with E-state index in [2.05, 4.69) is 16.0 Å². The molecule has 21 heavy (non-hydrogen) atoms. The maximum absolute atomic E-state index is 5.05. The standard InChI is InChI=1S/C4H12NOP.C4H11OP.2C2H7OP/c1-5(2)4-6-7-3;1-3-4-5-6-2;2*1-3-4-2/h7H,4H2,1-3H3;6H,3-4H2,1-2H3;2*4H,1-2H3. The van der Waals surface area contributed by atoms with Gasteiger partial charge in [-0.15, -0.1) is 0 Å². The molecule has 0 aromatic heterocycles. The number of nitrogens with zero attached hydrogens (tertiary/aromatic N) is 1. The maximum atomic E-state index is 5.05. The Labute approximate surface area is 140 Å². The maximum Gasteiger partial charge on any atom is 0.102 e. The van der Waals surface area contributed by atoms with Gasteiger partial charge in [-0.25, -0.2) is 0 Å². The third kappa shape index (κ3) is 74.1. The second-order valence-corrected chi connectivity index (χ2v) is 6.45. The van der Waals surface area contributed by atoms with Crippen molar-refractivity contribution in [1.29, 1.82) is 0 Å². The Kier molecular flexibility index (Phi) is 54.5. The molecule has 0 rings (SSSR count). The molecule has 0 aliphatic rings. The predicted molar refractivity (Wildman–Crippen MR) is 107 cm³/mol. The highest BCUT2D eigenvalue weighted by Gasteiger charge is 1.82. The molecular formula is C12H37NO4P4. The molecule has 0 amide bonds. The summed E-state index contributed by atoms with van der Waals surface area (Å²) in [6.45, 7) is 11.8. The fourth-order valence-electron chi connectivity index (χ4n) is 0.398. The summed E-state index contributed by atoms with van der Waals surface area (Å²) in [6.07, 6.45) is 1.14. The van der Waals surface area contributed by atoms with E-state index in [0.717, 1.165) is 19.8 Å². The Hall–Kier alpha value is 1.52. The first-order valence-electron chi connectivity index (χ1n) is 6.63. The van der Waals surface area contributed by atoms with Crippen LogP contribution in [-0.2, 0) is 18.1 Å². The van der Waals surface area contributed by atoms with Gasteiger partial charge in [-0.2, -0.15) is 0 Å². The molecule has 0 aliphatic heterocycles. The summed E-state index contributed by atoms with van der Waals surface area (Å²) < 4.78 is 19.2. The Morgan fingerprint density at radius 2 is 1.14 bits per heavy atom. The van der Waals surface area contributed by atoms with Crippen molar-refractivity contribution < 1.29 is 18.1 Å². The van der Waals surface area contributed by atoms with Gasteiger partial charge in [-0.1, -0.05) is 6.92 Å². The highest BCUT2D eigenvalue weighted by molar-refractivity contribution is 7.31. The van der Waals surface area contributed by atoms with Crippen LogP contribution in [0.4, 0.5) is 0 Å². The average molecular weight is 383 g/mol. The van der Waals surface area contributed by atoms with Crippen LogP contribution in [0.25, 0.3) is 0 Å². The largest absolute Gasteiger partial charge is 0.366 e. The van der Waals surface area contributed by atoms with Gasteiger partial charge in [0, 0.05) is 49.5 Å². The third-order valence-electron chi connectivity index (χ3n) is 1.33. The van der Waals surface area contributed by atoms with Crippen LogP contribution in [-0.4, -0.2) is 73.2 Å². The fraction of sp³-hybridized carbons (Fsp3) is 1.00. The zero-order chi connectivity index (χ0) is 17.4. The van der Waals surface area contributed by atoms with Crippen LogP contribution >= 0.6 is 35.2 Å². The van der Waals surface area contributed by atoms with E-state index >= 15 is 0 Å². The van der Waals surface area contributed by atoms with E-state index in [9.17, 15) is 0 Å². The number of hydrogen-bond acceptors (Lipinski definition) is 5. The van der Waals surface area contributed by atoms with Gasteiger partial charge in [0.2, 0.25) is 0 Å². The monoisotopic (exact) mass is 383 g/mol. The topological polar surface area (TPSA) is 40.2 Å². The Balaban J connectivity index is -0.0000000948. The van der Waals surface area contributed by atoms with Gasteiger partial charge < -0.3 is 18.1 Å². The third-order valence-corrected chi connectivity index (χ3v) is 3.05. The van der Waals surface area contributed by atoms with Crippen LogP contribution < -0.4 is 0 Å². The second kappa shape index (κ2) is 37.6. The highest BCUT2D eigenvalue weighted by Crippen LogP contribution is 2.03. The first kappa shape index (κ1) is 30.4. The molecular weight excluding hydrogens is 346 g/mol. The minimum atomic E-state index is 0.609. The molecule has 0 aromatic carbocycles. The molecule has 4 atom stereocenters. The molecule has 0 fully saturated rings. The van der Waals surface area contributed by atoms with Crippen LogP contribution in [0.15, 0.2) is 0 Å². The molecule has 5 nitrogen and oxygen atoms in total. The lowest BCUT2D eigenvalue weighted by Crippen LogP contribution is -2.12. The smallest absolute Gasteiger partial charge is 0.102 e. The SMILES string of the molecule is CCCOPC.COPC.COPC.CPOCN(C)C. The van der Waals surface area contributed by atoms with Crippen LogP contribution in [0.5, 0.6) is 0 Å². The molecule has 0 saturated carbocycles. The first-order valence-corrected chi connectivity index (χ1v) is 12.3. The van der Waals surface area contributed by atoms with Crippen molar-refractivity contribution in [1.82, 2.24) is 4.90 Å². The van der Waals surface area contributed by atoms with Crippen LogP contribution in [0.1, 0.15) is 13.3 Å². The fourth-order valence-corrected chi connectivity index (χ4v) is 1.19. The van der Waals surface area contributed by atoms with Crippen LogP contribution in [0, 0.1) is 0 Å². The van der Waals surface area contributed by atoms with Crippen molar-refractivity contribution in [3.63, 3.8) is 0 Å². The van der Waals surface area contributed by atoms with Crippen molar-refractivity contribution >= 4 is 35.2 Å². The lowest BCUT2D eigenvalue weighted by Gasteiger charge is -2.06. The molecule has 0 heterocycles. The quantitative estimate of drug-likeness (QED) is 0.359. The normalized spacial score (nSPS) is 11.1. The number of hydrogen-bond donors (Lipinski definition) is 0. The Morgan fingerprint density at radius 1 is 0.762 bits per heavy atom. The predicted octanol–water partition coefficient (Wildman–Crippen LogP) is 4.09. The average Bonchev–Trinajstić information content (AvgIpc) is 2.51. The van der Waals surface area contributed by atoms with Crippen LogP contribution in [0.3, 0.4) is 0 Å². The van der Waals surface area contributed by atoms with E-state index in [1.807, 2.05) is 45.7 Å². The van der Waals surface area contributed by atoms with Crippen molar-refractivity contribution in [2.24, 2.45) is 0 Å². The van der Waals surface area contributed by atoms with E-state index in [1.54, 1.807) is 14.2 Å². The summed E-state index contributed by atoms with van der Waals surface area (Å²) in [4.78, 5) is 2.00. The van der Waals surface area contributed by atoms with E-state index in [-0.39, 0.29) is 0 Å². The van der Waals surface area contributed by atoms with Gasteiger partial charge in [-0.05, 0) is 47.2 Å². The highest BCUT2D eigenvalue weighted by atomic mass is 31.1. The number of rotatable bonds is 8. The summed E-state index contributed by atoms with van der Waals surface area (Å²) in [7, 11) is 9.91. The molecule has 9 heteroatoms. The van der Waals surface area contributed by atoms with E-state index < -0.39 is 0 Å². The van der Waals surface area contributed by atoms with E-state index in [0.29, 0.717) is 35.2 Å². The summed E-state index contributed by atoms with van der Waals surface area (Å²) >= 11 is 0. The Morgan fingerprint density at radius 3 is 1.24 bits per heavy atom. The summed E-state index contributed by atoms with van der Waals surface area (Å²) in [5.74, 6) is 0. The van der Waals surface area contributed by atoms with E-state index in [1.165, 1.54) is 0 Å². The van der Waals surface area contributed by atoms with Crippen molar-refractivity contribution in [2.45, 2.75) is 13.3 Å². The summed E-state index contributed by atoms with van der Waals surface area (Å²) in [5, 5.41) is 0. The minimum Gasteiger partial charge on any atom is -0.366 e.